The number of nitrogens with one attached hydrogen (secondary N) is 2. The third-order valence-electron chi connectivity index (χ3n) is 3.37. The minimum Gasteiger partial charge on any atom is -0.360 e. The van der Waals surface area contributed by atoms with Crippen molar-refractivity contribution in [3.05, 3.63) is 81.5 Å². The first-order valence-electron chi connectivity index (χ1n) is 7.43. The molecule has 0 aliphatic rings. The van der Waals surface area contributed by atoms with Gasteiger partial charge < -0.3 is 10.6 Å². The lowest BCUT2D eigenvalue weighted by Crippen LogP contribution is -2.07. The molecule has 3 rings (SSSR count). The molecule has 0 atom stereocenters. The van der Waals surface area contributed by atoms with Crippen molar-refractivity contribution in [1.82, 2.24) is 9.97 Å². The smallest absolute Gasteiger partial charge is 0.329 e. The van der Waals surface area contributed by atoms with E-state index in [0.717, 1.165) is 11.3 Å². The second-order valence-corrected chi connectivity index (χ2v) is 5.59. The minimum absolute atomic E-state index is 0.153. The van der Waals surface area contributed by atoms with E-state index in [1.54, 1.807) is 24.3 Å². The van der Waals surface area contributed by atoms with Crippen LogP contribution in [0.25, 0.3) is 0 Å². The molecule has 3 aromatic rings. The number of hydrogen-bond donors (Lipinski definition) is 2. The van der Waals surface area contributed by atoms with Crippen LogP contribution in [0.15, 0.2) is 60.8 Å². The average Bonchev–Trinajstić information content (AvgIpc) is 2.63. The first-order chi connectivity index (χ1) is 12.1. The van der Waals surface area contributed by atoms with Gasteiger partial charge in [0, 0.05) is 17.3 Å². The van der Waals surface area contributed by atoms with Gasteiger partial charge in [-0.25, -0.2) is 4.98 Å². The van der Waals surface area contributed by atoms with E-state index in [9.17, 15) is 10.1 Å². The number of nitro groups is 1. The van der Waals surface area contributed by atoms with Gasteiger partial charge in [-0.1, -0.05) is 41.9 Å². The molecule has 2 aromatic carbocycles. The zero-order valence-electron chi connectivity index (χ0n) is 13.0. The lowest BCUT2D eigenvalue weighted by molar-refractivity contribution is -0.384. The van der Waals surface area contributed by atoms with Crippen molar-refractivity contribution in [2.24, 2.45) is 0 Å². The fraction of sp³-hybridized carbons (Fsp3) is 0.0588. The van der Waals surface area contributed by atoms with Crippen molar-refractivity contribution in [2.75, 3.05) is 10.6 Å². The monoisotopic (exact) mass is 355 g/mol. The molecule has 0 radical (unpaired) electrons. The molecular formula is C17H14ClN5O2. The fourth-order valence-electron chi connectivity index (χ4n) is 2.14. The maximum absolute atomic E-state index is 11.2. The topological polar surface area (TPSA) is 93.0 Å². The van der Waals surface area contributed by atoms with E-state index in [0.29, 0.717) is 11.6 Å². The number of anilines is 3. The molecule has 0 fully saturated rings. The van der Waals surface area contributed by atoms with Crippen molar-refractivity contribution in [1.29, 1.82) is 0 Å². The maximum Gasteiger partial charge on any atom is 0.329 e. The van der Waals surface area contributed by atoms with Gasteiger partial charge in [-0.05, 0) is 29.8 Å². The summed E-state index contributed by atoms with van der Waals surface area (Å²) >= 11 is 5.85. The Hall–Kier alpha value is -3.19. The summed E-state index contributed by atoms with van der Waals surface area (Å²) in [5.41, 5.74) is 1.53. The highest BCUT2D eigenvalue weighted by Gasteiger charge is 2.17. The van der Waals surface area contributed by atoms with E-state index in [1.165, 1.54) is 6.20 Å². The van der Waals surface area contributed by atoms with Crippen molar-refractivity contribution in [3.63, 3.8) is 0 Å². The quantitative estimate of drug-likeness (QED) is 0.503. The van der Waals surface area contributed by atoms with E-state index in [-0.39, 0.29) is 17.5 Å². The van der Waals surface area contributed by atoms with Crippen LogP contribution in [0.5, 0.6) is 0 Å². The van der Waals surface area contributed by atoms with E-state index in [2.05, 4.69) is 20.6 Å². The SMILES string of the molecule is O=[N+]([O-])c1cnc(Nc2ccc(Cl)cc2)nc1NCc1ccccc1. The van der Waals surface area contributed by atoms with Crippen LogP contribution in [0.3, 0.4) is 0 Å². The highest BCUT2D eigenvalue weighted by atomic mass is 35.5. The number of aromatic nitrogens is 2. The number of halogens is 1. The summed E-state index contributed by atoms with van der Waals surface area (Å²) in [5.74, 6) is 0.406. The number of rotatable bonds is 6. The Bertz CT molecular complexity index is 872. The lowest BCUT2D eigenvalue weighted by atomic mass is 10.2. The van der Waals surface area contributed by atoms with Crippen LogP contribution in [0.2, 0.25) is 5.02 Å². The van der Waals surface area contributed by atoms with E-state index >= 15 is 0 Å². The van der Waals surface area contributed by atoms with Gasteiger partial charge in [0.1, 0.15) is 6.20 Å². The second-order valence-electron chi connectivity index (χ2n) is 5.16. The molecule has 25 heavy (non-hydrogen) atoms. The molecule has 0 saturated carbocycles. The number of nitrogens with zero attached hydrogens (tertiary/aromatic N) is 3. The van der Waals surface area contributed by atoms with Crippen molar-refractivity contribution >= 4 is 34.7 Å². The van der Waals surface area contributed by atoms with Crippen LogP contribution in [0.4, 0.5) is 23.1 Å². The predicted molar refractivity (Wildman–Crippen MR) is 97.2 cm³/mol. The van der Waals surface area contributed by atoms with E-state index in [4.69, 9.17) is 11.6 Å². The van der Waals surface area contributed by atoms with Crippen molar-refractivity contribution in [2.45, 2.75) is 6.54 Å². The van der Waals surface area contributed by atoms with Crippen molar-refractivity contribution < 1.29 is 4.92 Å². The van der Waals surface area contributed by atoms with Crippen LogP contribution in [-0.2, 0) is 6.54 Å². The molecule has 0 bridgehead atoms. The Kier molecular flexibility index (Phi) is 5.06. The Labute approximate surface area is 148 Å². The van der Waals surface area contributed by atoms with Crippen LogP contribution in [-0.4, -0.2) is 14.9 Å². The van der Waals surface area contributed by atoms with Gasteiger partial charge in [0.15, 0.2) is 0 Å². The average molecular weight is 356 g/mol. The fourth-order valence-corrected chi connectivity index (χ4v) is 2.27. The molecule has 2 N–H and O–H groups in total. The van der Waals surface area contributed by atoms with Crippen LogP contribution in [0.1, 0.15) is 5.56 Å². The normalized spacial score (nSPS) is 10.3. The summed E-state index contributed by atoms with van der Waals surface area (Å²) in [6.07, 6.45) is 1.18. The molecular weight excluding hydrogens is 342 g/mol. The highest BCUT2D eigenvalue weighted by Crippen LogP contribution is 2.24. The van der Waals surface area contributed by atoms with Crippen LogP contribution < -0.4 is 10.6 Å². The Morgan fingerprint density at radius 3 is 2.48 bits per heavy atom. The third kappa shape index (κ3) is 4.42. The van der Waals surface area contributed by atoms with Crippen LogP contribution in [0, 0.1) is 10.1 Å². The van der Waals surface area contributed by atoms with Crippen molar-refractivity contribution in [3.8, 4) is 0 Å². The Morgan fingerprint density at radius 2 is 1.80 bits per heavy atom. The molecule has 1 aromatic heterocycles. The number of benzene rings is 2. The minimum atomic E-state index is -0.514. The van der Waals surface area contributed by atoms with Gasteiger partial charge in [0.25, 0.3) is 0 Å². The molecule has 8 heteroatoms. The zero-order chi connectivity index (χ0) is 17.6. The molecule has 0 spiro atoms. The molecule has 0 amide bonds. The number of hydrogen-bond acceptors (Lipinski definition) is 6. The summed E-state index contributed by atoms with van der Waals surface area (Å²) in [4.78, 5) is 18.9. The lowest BCUT2D eigenvalue weighted by Gasteiger charge is -2.09. The summed E-state index contributed by atoms with van der Waals surface area (Å²) in [6, 6.07) is 16.5. The molecule has 0 aliphatic carbocycles. The maximum atomic E-state index is 11.2. The molecule has 0 aliphatic heterocycles. The first-order valence-corrected chi connectivity index (χ1v) is 7.81. The summed E-state index contributed by atoms with van der Waals surface area (Å²) in [6.45, 7) is 0.416. The van der Waals surface area contributed by atoms with E-state index in [1.807, 2.05) is 30.3 Å². The van der Waals surface area contributed by atoms with Gasteiger partial charge in [-0.3, -0.25) is 10.1 Å². The summed E-state index contributed by atoms with van der Waals surface area (Å²) in [7, 11) is 0. The molecule has 0 saturated heterocycles. The molecule has 126 valence electrons. The third-order valence-corrected chi connectivity index (χ3v) is 3.62. The van der Waals surface area contributed by atoms with Gasteiger partial charge in [0.05, 0.1) is 4.92 Å². The van der Waals surface area contributed by atoms with Gasteiger partial charge in [-0.2, -0.15) is 4.98 Å². The predicted octanol–water partition coefficient (Wildman–Crippen LogP) is 4.39. The first kappa shape index (κ1) is 16.7. The largest absolute Gasteiger partial charge is 0.360 e. The van der Waals surface area contributed by atoms with Gasteiger partial charge >= 0.3 is 5.69 Å². The van der Waals surface area contributed by atoms with Crippen LogP contribution >= 0.6 is 11.6 Å². The standard InChI is InChI=1S/C17H14ClN5O2/c18-13-6-8-14(9-7-13)21-17-20-11-15(23(24)25)16(22-17)19-10-12-4-2-1-3-5-12/h1-9,11H,10H2,(H2,19,20,21,22). The molecule has 7 nitrogen and oxygen atoms in total. The van der Waals surface area contributed by atoms with E-state index < -0.39 is 4.92 Å². The molecule has 1 heterocycles. The zero-order valence-corrected chi connectivity index (χ0v) is 13.8. The van der Waals surface area contributed by atoms with Gasteiger partial charge in [0.2, 0.25) is 11.8 Å². The van der Waals surface area contributed by atoms with Gasteiger partial charge in [-0.15, -0.1) is 0 Å². The Morgan fingerprint density at radius 1 is 1.08 bits per heavy atom. The molecule has 0 unspecified atom stereocenters. The highest BCUT2D eigenvalue weighted by molar-refractivity contribution is 6.30. The summed E-state index contributed by atoms with van der Waals surface area (Å²) < 4.78 is 0. The second kappa shape index (κ2) is 7.59. The Balaban J connectivity index is 1.81. The summed E-state index contributed by atoms with van der Waals surface area (Å²) in [5, 5.41) is 17.8.